The van der Waals surface area contributed by atoms with Crippen LogP contribution in [0.25, 0.3) is 0 Å². The summed E-state index contributed by atoms with van der Waals surface area (Å²) in [6, 6.07) is 15.9. The molecule has 34 heavy (non-hydrogen) atoms. The van der Waals surface area contributed by atoms with Crippen LogP contribution in [0.5, 0.6) is 0 Å². The molecule has 0 aliphatic carbocycles. The number of amides is 2. The van der Waals surface area contributed by atoms with E-state index in [1.165, 1.54) is 6.26 Å². The average molecular weight is 482 g/mol. The molecule has 3 aromatic rings. The summed E-state index contributed by atoms with van der Waals surface area (Å²) in [4.78, 5) is 29.8. The Morgan fingerprint density at radius 2 is 1.94 bits per heavy atom. The minimum absolute atomic E-state index is 0.00942. The van der Waals surface area contributed by atoms with E-state index in [1.807, 2.05) is 37.2 Å². The Morgan fingerprint density at radius 1 is 1.12 bits per heavy atom. The maximum atomic E-state index is 13.2. The van der Waals surface area contributed by atoms with Gasteiger partial charge in [0.15, 0.2) is 5.76 Å². The van der Waals surface area contributed by atoms with Crippen LogP contribution in [-0.4, -0.2) is 50.1 Å². The molecule has 1 atom stereocenters. The molecule has 1 fully saturated rings. The van der Waals surface area contributed by atoms with Crippen molar-refractivity contribution in [3.05, 3.63) is 82.8 Å². The fraction of sp³-hybridized carbons (Fsp3) is 0.308. The Balaban J connectivity index is 1.61. The van der Waals surface area contributed by atoms with E-state index in [2.05, 4.69) is 5.32 Å². The summed E-state index contributed by atoms with van der Waals surface area (Å²) in [5.74, 6) is -0.208. The number of nitrogens with zero attached hydrogens (tertiary/aromatic N) is 2. The molecule has 0 radical (unpaired) electrons. The topological polar surface area (TPSA) is 75.0 Å². The molecule has 2 aromatic carbocycles. The van der Waals surface area contributed by atoms with Gasteiger partial charge in [-0.2, -0.15) is 0 Å². The molecule has 0 spiro atoms. The van der Waals surface area contributed by atoms with Crippen molar-refractivity contribution in [2.75, 3.05) is 37.5 Å². The molecular formula is C26H28ClN3O4. The van der Waals surface area contributed by atoms with E-state index in [-0.39, 0.29) is 23.7 Å². The predicted molar refractivity (Wildman–Crippen MR) is 133 cm³/mol. The zero-order chi connectivity index (χ0) is 24.1. The lowest BCUT2D eigenvalue weighted by molar-refractivity contribution is 0.0484. The SMILES string of the molecule is CN(C)c1ccc(NC(=O)c2ccccc2Cl)cc1CN(CC1CCCO1)C(=O)c1ccco1. The largest absolute Gasteiger partial charge is 0.459 e. The van der Waals surface area contributed by atoms with Gasteiger partial charge in [-0.15, -0.1) is 0 Å². The molecule has 1 aliphatic rings. The van der Waals surface area contributed by atoms with Crippen LogP contribution >= 0.6 is 11.6 Å². The number of hydrogen-bond acceptors (Lipinski definition) is 5. The lowest BCUT2D eigenvalue weighted by Crippen LogP contribution is -2.37. The van der Waals surface area contributed by atoms with Gasteiger partial charge in [0, 0.05) is 45.2 Å². The van der Waals surface area contributed by atoms with Crippen LogP contribution in [0, 0.1) is 0 Å². The van der Waals surface area contributed by atoms with E-state index >= 15 is 0 Å². The third-order valence-electron chi connectivity index (χ3n) is 5.77. The highest BCUT2D eigenvalue weighted by Gasteiger charge is 2.26. The number of carbonyl (C=O) groups excluding carboxylic acids is 2. The molecule has 0 saturated carbocycles. The van der Waals surface area contributed by atoms with Gasteiger partial charge in [0.25, 0.3) is 11.8 Å². The first-order valence-corrected chi connectivity index (χ1v) is 11.6. The molecule has 8 heteroatoms. The summed E-state index contributed by atoms with van der Waals surface area (Å²) >= 11 is 6.18. The molecule has 1 N–H and O–H groups in total. The van der Waals surface area contributed by atoms with Crippen molar-refractivity contribution in [3.63, 3.8) is 0 Å². The quantitative estimate of drug-likeness (QED) is 0.486. The second-order valence-electron chi connectivity index (χ2n) is 8.47. The smallest absolute Gasteiger partial charge is 0.289 e. The Morgan fingerprint density at radius 3 is 2.62 bits per heavy atom. The summed E-state index contributed by atoms with van der Waals surface area (Å²) in [6.45, 7) is 1.51. The van der Waals surface area contributed by atoms with Crippen molar-refractivity contribution in [3.8, 4) is 0 Å². The maximum Gasteiger partial charge on any atom is 0.289 e. The van der Waals surface area contributed by atoms with Crippen LogP contribution in [0.3, 0.4) is 0 Å². The second kappa shape index (κ2) is 10.8. The first kappa shape index (κ1) is 23.9. The fourth-order valence-corrected chi connectivity index (χ4v) is 4.31. The van der Waals surface area contributed by atoms with E-state index in [4.69, 9.17) is 20.8 Å². The third kappa shape index (κ3) is 5.61. The molecule has 2 amide bonds. The number of carbonyl (C=O) groups is 2. The van der Waals surface area contributed by atoms with Crippen molar-refractivity contribution in [2.45, 2.75) is 25.5 Å². The van der Waals surface area contributed by atoms with Crippen LogP contribution < -0.4 is 10.2 Å². The highest BCUT2D eigenvalue weighted by atomic mass is 35.5. The molecule has 0 bridgehead atoms. The zero-order valence-corrected chi connectivity index (χ0v) is 20.0. The standard InChI is InChI=1S/C26H28ClN3O4/c1-29(2)23-12-11-19(28-25(31)21-8-3-4-9-22(21)27)15-18(23)16-30(17-20-7-5-13-33-20)26(32)24-10-6-14-34-24/h3-4,6,8-12,14-15,20H,5,7,13,16-17H2,1-2H3,(H,28,31). The van der Waals surface area contributed by atoms with Gasteiger partial charge in [-0.25, -0.2) is 0 Å². The molecule has 7 nitrogen and oxygen atoms in total. The Hall–Kier alpha value is -3.29. The van der Waals surface area contributed by atoms with Crippen molar-refractivity contribution >= 4 is 34.8 Å². The maximum absolute atomic E-state index is 13.2. The van der Waals surface area contributed by atoms with Crippen LogP contribution in [0.4, 0.5) is 11.4 Å². The first-order chi connectivity index (χ1) is 16.4. The minimum atomic E-state index is -0.294. The Bertz CT molecular complexity index is 1140. The summed E-state index contributed by atoms with van der Waals surface area (Å²) in [6.07, 6.45) is 3.38. The summed E-state index contributed by atoms with van der Waals surface area (Å²) in [5, 5.41) is 3.31. The van der Waals surface area contributed by atoms with Crippen molar-refractivity contribution in [2.24, 2.45) is 0 Å². The van der Waals surface area contributed by atoms with Gasteiger partial charge in [0.05, 0.1) is 23.0 Å². The zero-order valence-electron chi connectivity index (χ0n) is 19.3. The Labute approximate surface area is 204 Å². The third-order valence-corrected chi connectivity index (χ3v) is 6.10. The number of hydrogen-bond donors (Lipinski definition) is 1. The lowest BCUT2D eigenvalue weighted by Gasteiger charge is -2.27. The molecule has 2 heterocycles. The van der Waals surface area contributed by atoms with E-state index in [9.17, 15) is 9.59 Å². The van der Waals surface area contributed by atoms with Crippen LogP contribution in [0.15, 0.2) is 65.3 Å². The summed E-state index contributed by atoms with van der Waals surface area (Å²) in [7, 11) is 3.89. The average Bonchev–Trinajstić information content (AvgIpc) is 3.53. The highest BCUT2D eigenvalue weighted by molar-refractivity contribution is 6.34. The monoisotopic (exact) mass is 481 g/mol. The lowest BCUT2D eigenvalue weighted by atomic mass is 10.1. The van der Waals surface area contributed by atoms with Crippen molar-refractivity contribution < 1.29 is 18.7 Å². The molecule has 1 unspecified atom stereocenters. The van der Waals surface area contributed by atoms with E-state index in [0.717, 1.165) is 24.1 Å². The Kier molecular flexibility index (Phi) is 7.55. The summed E-state index contributed by atoms with van der Waals surface area (Å²) in [5.41, 5.74) is 2.85. The molecule has 1 aliphatic heterocycles. The number of ether oxygens (including phenoxy) is 1. The van der Waals surface area contributed by atoms with Crippen LogP contribution in [0.1, 0.15) is 39.3 Å². The number of rotatable bonds is 8. The number of anilines is 2. The first-order valence-electron chi connectivity index (χ1n) is 11.2. The van der Waals surface area contributed by atoms with Gasteiger partial charge in [0.2, 0.25) is 0 Å². The molecule has 178 valence electrons. The van der Waals surface area contributed by atoms with E-state index < -0.39 is 0 Å². The fourth-order valence-electron chi connectivity index (χ4n) is 4.09. The normalized spacial score (nSPS) is 15.2. The molecule has 1 saturated heterocycles. The van der Waals surface area contributed by atoms with Crippen molar-refractivity contribution in [1.82, 2.24) is 4.90 Å². The number of nitrogens with one attached hydrogen (secondary N) is 1. The number of halogens is 1. The van der Waals surface area contributed by atoms with Gasteiger partial charge in [-0.1, -0.05) is 23.7 Å². The minimum Gasteiger partial charge on any atom is -0.459 e. The van der Waals surface area contributed by atoms with Crippen LogP contribution in [0.2, 0.25) is 5.02 Å². The van der Waals surface area contributed by atoms with Gasteiger partial charge >= 0.3 is 0 Å². The van der Waals surface area contributed by atoms with Crippen LogP contribution in [-0.2, 0) is 11.3 Å². The van der Waals surface area contributed by atoms with Gasteiger partial charge < -0.3 is 24.3 Å². The molecule has 1 aromatic heterocycles. The van der Waals surface area contributed by atoms with Gasteiger partial charge in [-0.05, 0) is 60.9 Å². The number of furan rings is 1. The second-order valence-corrected chi connectivity index (χ2v) is 8.88. The van der Waals surface area contributed by atoms with E-state index in [1.54, 1.807) is 41.3 Å². The molecule has 4 rings (SSSR count). The van der Waals surface area contributed by atoms with Gasteiger partial charge in [-0.3, -0.25) is 9.59 Å². The summed E-state index contributed by atoms with van der Waals surface area (Å²) < 4.78 is 11.2. The van der Waals surface area contributed by atoms with Gasteiger partial charge in [0.1, 0.15) is 0 Å². The predicted octanol–water partition coefficient (Wildman–Crippen LogP) is 5.07. The highest BCUT2D eigenvalue weighted by Crippen LogP contribution is 2.27. The van der Waals surface area contributed by atoms with Crippen molar-refractivity contribution in [1.29, 1.82) is 0 Å². The molecular weight excluding hydrogens is 454 g/mol. The van der Waals surface area contributed by atoms with E-state index in [0.29, 0.717) is 36.0 Å². The number of benzene rings is 2.